The Morgan fingerprint density at radius 1 is 1.22 bits per heavy atom. The number of nitrogens with zero attached hydrogens (tertiary/aromatic N) is 3. The molecular formula is C17H16ClN5O2S2. The average molecular weight is 422 g/mol. The summed E-state index contributed by atoms with van der Waals surface area (Å²) < 4.78 is 1.75. The van der Waals surface area contributed by atoms with Gasteiger partial charge >= 0.3 is 0 Å². The molecule has 1 aromatic carbocycles. The zero-order valence-corrected chi connectivity index (χ0v) is 16.7. The van der Waals surface area contributed by atoms with Gasteiger partial charge in [0.05, 0.1) is 27.9 Å². The van der Waals surface area contributed by atoms with Crippen molar-refractivity contribution in [1.82, 2.24) is 20.1 Å². The third-order valence-electron chi connectivity index (χ3n) is 3.56. The molecule has 2 amide bonds. The standard InChI is InChI=1S/C17H16ClN5O2S2/c1-23-14(9-19-16(25)13-7-4-8-26-13)21-22-17(23)27-10-15(24)20-12-6-3-2-5-11(12)18/h2-8H,9-10H2,1H3,(H,19,25)(H,20,24). The van der Waals surface area contributed by atoms with Crippen LogP contribution in [-0.4, -0.2) is 32.3 Å². The van der Waals surface area contributed by atoms with Crippen molar-refractivity contribution in [2.24, 2.45) is 7.05 Å². The van der Waals surface area contributed by atoms with Crippen LogP contribution in [-0.2, 0) is 18.4 Å². The molecule has 0 spiro atoms. The molecule has 2 N–H and O–H groups in total. The lowest BCUT2D eigenvalue weighted by Gasteiger charge is -2.07. The van der Waals surface area contributed by atoms with Gasteiger partial charge in [-0.25, -0.2) is 0 Å². The molecule has 0 fully saturated rings. The van der Waals surface area contributed by atoms with Gasteiger partial charge in [-0.2, -0.15) is 0 Å². The number of benzene rings is 1. The number of anilines is 1. The van der Waals surface area contributed by atoms with Gasteiger partial charge in [-0.05, 0) is 23.6 Å². The van der Waals surface area contributed by atoms with Crippen molar-refractivity contribution in [3.63, 3.8) is 0 Å². The highest BCUT2D eigenvalue weighted by atomic mass is 35.5. The van der Waals surface area contributed by atoms with E-state index in [-0.39, 0.29) is 24.1 Å². The minimum atomic E-state index is -0.191. The fourth-order valence-electron chi connectivity index (χ4n) is 2.16. The molecule has 0 bridgehead atoms. The van der Waals surface area contributed by atoms with Gasteiger partial charge in [0.2, 0.25) is 5.91 Å². The smallest absolute Gasteiger partial charge is 0.261 e. The van der Waals surface area contributed by atoms with Crippen LogP contribution < -0.4 is 10.6 Å². The number of hydrogen-bond donors (Lipinski definition) is 2. The number of thioether (sulfide) groups is 1. The largest absolute Gasteiger partial charge is 0.344 e. The molecule has 2 aromatic heterocycles. The third-order valence-corrected chi connectivity index (χ3v) is 5.78. The van der Waals surface area contributed by atoms with Gasteiger partial charge in [-0.3, -0.25) is 9.59 Å². The van der Waals surface area contributed by atoms with Crippen LogP contribution in [0.2, 0.25) is 5.02 Å². The number of rotatable bonds is 7. The van der Waals surface area contributed by atoms with Gasteiger partial charge in [-0.1, -0.05) is 41.6 Å². The van der Waals surface area contributed by atoms with Crippen molar-refractivity contribution >= 4 is 52.2 Å². The van der Waals surface area contributed by atoms with Crippen molar-refractivity contribution in [3.8, 4) is 0 Å². The summed E-state index contributed by atoms with van der Waals surface area (Å²) in [5.74, 6) is 0.428. The highest BCUT2D eigenvalue weighted by molar-refractivity contribution is 7.99. The molecule has 140 valence electrons. The minimum absolute atomic E-state index is 0.152. The Balaban J connectivity index is 1.52. The van der Waals surface area contributed by atoms with E-state index < -0.39 is 0 Å². The third kappa shape index (κ3) is 5.09. The Hall–Kier alpha value is -2.36. The lowest BCUT2D eigenvalue weighted by Crippen LogP contribution is -2.23. The van der Waals surface area contributed by atoms with Gasteiger partial charge in [-0.15, -0.1) is 21.5 Å². The second-order valence-corrected chi connectivity index (χ2v) is 7.73. The second-order valence-electron chi connectivity index (χ2n) is 5.43. The number of halogens is 1. The molecule has 0 unspecified atom stereocenters. The van der Waals surface area contributed by atoms with Crippen LogP contribution >= 0.6 is 34.7 Å². The van der Waals surface area contributed by atoms with Crippen LogP contribution in [0.1, 0.15) is 15.5 Å². The number of carbonyl (C=O) groups excluding carboxylic acids is 2. The van der Waals surface area contributed by atoms with Crippen LogP contribution in [0.25, 0.3) is 0 Å². The SMILES string of the molecule is Cn1c(CNC(=O)c2cccs2)nnc1SCC(=O)Nc1ccccc1Cl. The normalized spacial score (nSPS) is 10.6. The van der Waals surface area contributed by atoms with Gasteiger partial charge < -0.3 is 15.2 Å². The number of para-hydroxylation sites is 1. The number of thiophene rings is 1. The van der Waals surface area contributed by atoms with Gasteiger partial charge in [0.15, 0.2) is 11.0 Å². The highest BCUT2D eigenvalue weighted by Gasteiger charge is 2.14. The monoisotopic (exact) mass is 421 g/mol. The van der Waals surface area contributed by atoms with E-state index >= 15 is 0 Å². The lowest BCUT2D eigenvalue weighted by atomic mass is 10.3. The summed E-state index contributed by atoms with van der Waals surface area (Å²) in [7, 11) is 1.79. The fraction of sp³-hybridized carbons (Fsp3) is 0.176. The van der Waals surface area contributed by atoms with E-state index in [2.05, 4.69) is 20.8 Å². The van der Waals surface area contributed by atoms with E-state index in [0.29, 0.717) is 26.6 Å². The van der Waals surface area contributed by atoms with Crippen molar-refractivity contribution in [3.05, 3.63) is 57.5 Å². The Labute approximate surface area is 169 Å². The summed E-state index contributed by atoms with van der Waals surface area (Å²) in [6, 6.07) is 10.6. The van der Waals surface area contributed by atoms with Crippen molar-refractivity contribution in [2.75, 3.05) is 11.1 Å². The lowest BCUT2D eigenvalue weighted by molar-refractivity contribution is -0.113. The molecule has 0 radical (unpaired) electrons. The molecule has 10 heteroatoms. The first kappa shape index (κ1) is 19.4. The van der Waals surface area contributed by atoms with Crippen LogP contribution in [0.5, 0.6) is 0 Å². The number of nitrogens with one attached hydrogen (secondary N) is 2. The van der Waals surface area contributed by atoms with Crippen LogP contribution in [0.15, 0.2) is 46.9 Å². The molecule has 27 heavy (non-hydrogen) atoms. The Kier molecular flexibility index (Phi) is 6.49. The Morgan fingerprint density at radius 2 is 2.04 bits per heavy atom. The molecule has 0 aliphatic rings. The summed E-state index contributed by atoms with van der Waals surface area (Å²) in [6.07, 6.45) is 0. The molecule has 7 nitrogen and oxygen atoms in total. The maximum atomic E-state index is 12.1. The number of hydrogen-bond acceptors (Lipinski definition) is 6. The predicted molar refractivity (Wildman–Crippen MR) is 107 cm³/mol. The average Bonchev–Trinajstić information content (AvgIpc) is 3.31. The zero-order valence-electron chi connectivity index (χ0n) is 14.3. The Morgan fingerprint density at radius 3 is 2.78 bits per heavy atom. The summed E-state index contributed by atoms with van der Waals surface area (Å²) in [5.41, 5.74) is 0.569. The molecule has 3 rings (SSSR count). The maximum absolute atomic E-state index is 12.1. The molecule has 0 aliphatic heterocycles. The Bertz CT molecular complexity index is 943. The van der Waals surface area contributed by atoms with Crippen LogP contribution in [0.3, 0.4) is 0 Å². The van der Waals surface area contributed by atoms with E-state index in [1.807, 2.05) is 11.4 Å². The van der Waals surface area contributed by atoms with Gasteiger partial charge in [0, 0.05) is 7.05 Å². The molecular weight excluding hydrogens is 406 g/mol. The van der Waals surface area contributed by atoms with Crippen LogP contribution in [0.4, 0.5) is 5.69 Å². The summed E-state index contributed by atoms with van der Waals surface area (Å²) >= 11 is 8.66. The first-order chi connectivity index (χ1) is 13.0. The molecule has 0 aliphatic carbocycles. The maximum Gasteiger partial charge on any atom is 0.261 e. The topological polar surface area (TPSA) is 88.9 Å². The van der Waals surface area contributed by atoms with Crippen molar-refractivity contribution in [2.45, 2.75) is 11.7 Å². The molecule has 0 saturated carbocycles. The summed E-state index contributed by atoms with van der Waals surface area (Å²) in [6.45, 7) is 0.257. The number of aromatic nitrogens is 3. The number of amides is 2. The van der Waals surface area contributed by atoms with Crippen molar-refractivity contribution < 1.29 is 9.59 Å². The molecule has 0 saturated heterocycles. The highest BCUT2D eigenvalue weighted by Crippen LogP contribution is 2.21. The first-order valence-electron chi connectivity index (χ1n) is 7.91. The molecule has 3 aromatic rings. The minimum Gasteiger partial charge on any atom is -0.344 e. The summed E-state index contributed by atoms with van der Waals surface area (Å²) in [4.78, 5) is 24.7. The van der Waals surface area contributed by atoms with Crippen molar-refractivity contribution in [1.29, 1.82) is 0 Å². The first-order valence-corrected chi connectivity index (χ1v) is 10.2. The summed E-state index contributed by atoms with van der Waals surface area (Å²) in [5, 5.41) is 16.6. The van der Waals surface area contributed by atoms with Crippen LogP contribution in [0, 0.1) is 0 Å². The zero-order chi connectivity index (χ0) is 19.2. The predicted octanol–water partition coefficient (Wildman–Crippen LogP) is 3.19. The van der Waals surface area contributed by atoms with E-state index in [0.717, 1.165) is 0 Å². The number of carbonyl (C=O) groups is 2. The van der Waals surface area contributed by atoms with E-state index in [1.165, 1.54) is 23.1 Å². The molecule has 2 heterocycles. The van der Waals surface area contributed by atoms with Gasteiger partial charge in [0.1, 0.15) is 0 Å². The van der Waals surface area contributed by atoms with E-state index in [4.69, 9.17) is 11.6 Å². The van der Waals surface area contributed by atoms with Gasteiger partial charge in [0.25, 0.3) is 5.91 Å². The quantitative estimate of drug-likeness (QED) is 0.572. The second kappa shape index (κ2) is 9.03. The fourth-order valence-corrected chi connectivity index (χ4v) is 3.71. The molecule has 0 atom stereocenters. The van der Waals surface area contributed by atoms with E-state index in [1.54, 1.807) is 41.9 Å². The van der Waals surface area contributed by atoms with E-state index in [9.17, 15) is 9.59 Å².